The number of rotatable bonds is 4. The molecule has 1 aromatic carbocycles. The van der Waals surface area contributed by atoms with E-state index in [1.54, 1.807) is 0 Å². The summed E-state index contributed by atoms with van der Waals surface area (Å²) in [7, 11) is 0. The second-order valence-electron chi connectivity index (χ2n) is 4.83. The van der Waals surface area contributed by atoms with Gasteiger partial charge >= 0.3 is 0 Å². The van der Waals surface area contributed by atoms with Gasteiger partial charge in [0.05, 0.1) is 0 Å². The van der Waals surface area contributed by atoms with E-state index in [0.717, 1.165) is 15.3 Å². The van der Waals surface area contributed by atoms with Crippen LogP contribution in [0.15, 0.2) is 22.7 Å². The van der Waals surface area contributed by atoms with Crippen LogP contribution in [-0.4, -0.2) is 17.5 Å². The van der Waals surface area contributed by atoms with Gasteiger partial charge in [-0.25, -0.2) is 4.39 Å². The average Bonchev–Trinajstić information content (AvgIpc) is 2.38. The zero-order valence-electron chi connectivity index (χ0n) is 10.6. The summed E-state index contributed by atoms with van der Waals surface area (Å²) in [5.74, 6) is -0.130. The summed E-state index contributed by atoms with van der Waals surface area (Å²) in [5.41, 5.74) is 0.755. The summed E-state index contributed by atoms with van der Waals surface area (Å²) in [6.07, 6.45) is 7.17. The maximum Gasteiger partial charge on any atom is 0.128 e. The Morgan fingerprint density at radius 2 is 2.06 bits per heavy atom. The summed E-state index contributed by atoms with van der Waals surface area (Å²) < 4.78 is 14.4. The van der Waals surface area contributed by atoms with Crippen molar-refractivity contribution in [3.8, 4) is 0 Å². The van der Waals surface area contributed by atoms with Gasteiger partial charge in [0.15, 0.2) is 0 Å². The molecule has 0 radical (unpaired) electrons. The van der Waals surface area contributed by atoms with Crippen LogP contribution in [-0.2, 0) is 6.54 Å². The largest absolute Gasteiger partial charge is 0.310 e. The molecule has 0 atom stereocenters. The minimum Gasteiger partial charge on any atom is -0.310 e. The van der Waals surface area contributed by atoms with Gasteiger partial charge in [-0.2, -0.15) is 11.8 Å². The molecule has 0 heterocycles. The molecule has 0 spiro atoms. The van der Waals surface area contributed by atoms with E-state index in [2.05, 4.69) is 27.5 Å². The molecule has 2 rings (SSSR count). The Bertz CT molecular complexity index is 391. The fraction of sp³-hybridized carbons (Fsp3) is 0.571. The van der Waals surface area contributed by atoms with E-state index >= 15 is 0 Å². The summed E-state index contributed by atoms with van der Waals surface area (Å²) >= 11 is 5.25. The number of hydrogen-bond acceptors (Lipinski definition) is 2. The van der Waals surface area contributed by atoms with Crippen LogP contribution < -0.4 is 5.32 Å². The highest BCUT2D eigenvalue weighted by molar-refractivity contribution is 9.10. The van der Waals surface area contributed by atoms with Crippen LogP contribution in [0.2, 0.25) is 0 Å². The summed E-state index contributed by atoms with van der Waals surface area (Å²) in [6, 6.07) is 5.82. The van der Waals surface area contributed by atoms with Crippen LogP contribution in [0.25, 0.3) is 0 Å². The molecule has 1 aromatic rings. The lowest BCUT2D eigenvalue weighted by atomic mass is 9.95. The number of thioether (sulfide) groups is 1. The maximum atomic E-state index is 13.6. The molecule has 1 aliphatic rings. The van der Waals surface area contributed by atoms with E-state index < -0.39 is 0 Å². The average molecular weight is 332 g/mol. The van der Waals surface area contributed by atoms with Gasteiger partial charge in [0.1, 0.15) is 5.82 Å². The van der Waals surface area contributed by atoms with Crippen LogP contribution in [0.5, 0.6) is 0 Å². The van der Waals surface area contributed by atoms with E-state index in [1.165, 1.54) is 31.7 Å². The van der Waals surface area contributed by atoms with E-state index in [4.69, 9.17) is 0 Å². The standard InChI is InChI=1S/C14H19BrFNS/c1-18-13-6-4-12(5-7-13)17-9-10-2-3-11(15)8-14(10)16/h2-3,8,12-13,17H,4-7,9H2,1H3. The van der Waals surface area contributed by atoms with Crippen LogP contribution in [0.4, 0.5) is 4.39 Å². The Morgan fingerprint density at radius 3 is 2.67 bits per heavy atom. The first-order chi connectivity index (χ1) is 8.69. The topological polar surface area (TPSA) is 12.0 Å². The number of nitrogens with one attached hydrogen (secondary N) is 1. The Morgan fingerprint density at radius 1 is 1.33 bits per heavy atom. The Kier molecular flexibility index (Phi) is 5.52. The van der Waals surface area contributed by atoms with Gasteiger partial charge in [-0.3, -0.25) is 0 Å². The minimum atomic E-state index is -0.130. The highest BCUT2D eigenvalue weighted by Gasteiger charge is 2.20. The molecule has 1 N–H and O–H groups in total. The Balaban J connectivity index is 1.81. The molecule has 4 heteroatoms. The molecular weight excluding hydrogens is 313 g/mol. The molecule has 1 fully saturated rings. The molecule has 0 bridgehead atoms. The molecule has 18 heavy (non-hydrogen) atoms. The quantitative estimate of drug-likeness (QED) is 0.880. The van der Waals surface area contributed by atoms with Gasteiger partial charge < -0.3 is 5.32 Å². The predicted octanol–water partition coefficient (Wildman–Crippen LogP) is 4.35. The second-order valence-corrected chi connectivity index (χ2v) is 6.88. The third kappa shape index (κ3) is 3.97. The van der Waals surface area contributed by atoms with Crippen molar-refractivity contribution in [2.45, 2.75) is 43.5 Å². The minimum absolute atomic E-state index is 0.130. The summed E-state index contributed by atoms with van der Waals surface area (Å²) in [5, 5.41) is 4.30. The van der Waals surface area contributed by atoms with Crippen molar-refractivity contribution in [2.75, 3.05) is 6.26 Å². The molecule has 0 amide bonds. The monoisotopic (exact) mass is 331 g/mol. The maximum absolute atomic E-state index is 13.6. The zero-order valence-corrected chi connectivity index (χ0v) is 13.0. The molecular formula is C14H19BrFNS. The number of benzene rings is 1. The smallest absolute Gasteiger partial charge is 0.128 e. The third-order valence-electron chi connectivity index (χ3n) is 3.60. The Labute approximate surface area is 121 Å². The molecule has 1 aliphatic carbocycles. The molecule has 100 valence electrons. The lowest BCUT2D eigenvalue weighted by molar-refractivity contribution is 0.376. The van der Waals surface area contributed by atoms with Crippen molar-refractivity contribution in [3.63, 3.8) is 0 Å². The van der Waals surface area contributed by atoms with Gasteiger partial charge in [0.25, 0.3) is 0 Å². The van der Waals surface area contributed by atoms with Gasteiger partial charge in [-0.1, -0.05) is 22.0 Å². The summed E-state index contributed by atoms with van der Waals surface area (Å²) in [4.78, 5) is 0. The zero-order chi connectivity index (χ0) is 13.0. The normalized spacial score (nSPS) is 24.2. The Hall–Kier alpha value is -0.0600. The van der Waals surface area contributed by atoms with Gasteiger partial charge in [0, 0.05) is 27.9 Å². The first-order valence-corrected chi connectivity index (χ1v) is 8.47. The predicted molar refractivity (Wildman–Crippen MR) is 80.5 cm³/mol. The van der Waals surface area contributed by atoms with Crippen LogP contribution in [0.3, 0.4) is 0 Å². The van der Waals surface area contributed by atoms with E-state index in [0.29, 0.717) is 12.6 Å². The van der Waals surface area contributed by atoms with Crippen molar-refractivity contribution < 1.29 is 4.39 Å². The fourth-order valence-electron chi connectivity index (χ4n) is 2.42. The molecule has 1 saturated carbocycles. The molecule has 0 unspecified atom stereocenters. The lowest BCUT2D eigenvalue weighted by Crippen LogP contribution is -2.33. The van der Waals surface area contributed by atoms with Crippen molar-refractivity contribution in [3.05, 3.63) is 34.1 Å². The van der Waals surface area contributed by atoms with Gasteiger partial charge in [-0.15, -0.1) is 0 Å². The van der Waals surface area contributed by atoms with Crippen LogP contribution >= 0.6 is 27.7 Å². The molecule has 0 aromatic heterocycles. The van der Waals surface area contributed by atoms with Crippen molar-refractivity contribution in [2.24, 2.45) is 0 Å². The van der Waals surface area contributed by atoms with Gasteiger partial charge in [0.2, 0.25) is 0 Å². The second kappa shape index (κ2) is 6.92. The van der Waals surface area contributed by atoms with E-state index in [9.17, 15) is 4.39 Å². The van der Waals surface area contributed by atoms with E-state index in [-0.39, 0.29) is 5.82 Å². The fourth-order valence-corrected chi connectivity index (χ4v) is 3.50. The lowest BCUT2D eigenvalue weighted by Gasteiger charge is -2.28. The molecule has 1 nitrogen and oxygen atoms in total. The highest BCUT2D eigenvalue weighted by Crippen LogP contribution is 2.27. The van der Waals surface area contributed by atoms with Gasteiger partial charge in [-0.05, 0) is 44.1 Å². The number of halogens is 2. The summed E-state index contributed by atoms with van der Waals surface area (Å²) in [6.45, 7) is 0.633. The third-order valence-corrected chi connectivity index (χ3v) is 5.24. The molecule has 0 aliphatic heterocycles. The van der Waals surface area contributed by atoms with Crippen molar-refractivity contribution >= 4 is 27.7 Å². The highest BCUT2D eigenvalue weighted by atomic mass is 79.9. The van der Waals surface area contributed by atoms with Crippen molar-refractivity contribution in [1.82, 2.24) is 5.32 Å². The first kappa shape index (κ1) is 14.4. The SMILES string of the molecule is CSC1CCC(NCc2ccc(Br)cc2F)CC1. The first-order valence-electron chi connectivity index (χ1n) is 6.39. The van der Waals surface area contributed by atoms with E-state index in [1.807, 2.05) is 23.9 Å². The number of hydrogen-bond donors (Lipinski definition) is 1. The molecule has 0 saturated heterocycles. The van der Waals surface area contributed by atoms with Crippen LogP contribution in [0.1, 0.15) is 31.2 Å². The van der Waals surface area contributed by atoms with Crippen molar-refractivity contribution in [1.29, 1.82) is 0 Å². The van der Waals surface area contributed by atoms with Crippen LogP contribution in [0, 0.1) is 5.82 Å².